The fourth-order valence-electron chi connectivity index (χ4n) is 3.48. The zero-order valence-corrected chi connectivity index (χ0v) is 15.3. The molecule has 0 radical (unpaired) electrons. The number of amides is 1. The van der Waals surface area contributed by atoms with Gasteiger partial charge in [0.1, 0.15) is 5.76 Å². The second kappa shape index (κ2) is 7.36. The van der Waals surface area contributed by atoms with Gasteiger partial charge in [-0.1, -0.05) is 36.4 Å². The number of fused-ring (bicyclic) bond motifs is 1. The molecule has 2 aliphatic rings. The molecule has 1 atom stereocenters. The van der Waals surface area contributed by atoms with Gasteiger partial charge in [-0.25, -0.2) is 0 Å². The van der Waals surface area contributed by atoms with E-state index in [4.69, 9.17) is 14.2 Å². The number of aliphatic hydroxyl groups is 1. The Kier molecular flexibility index (Phi) is 4.75. The number of methoxy groups -OCH3 is 1. The summed E-state index contributed by atoms with van der Waals surface area (Å²) in [4.78, 5) is 26.9. The third kappa shape index (κ3) is 2.99. The lowest BCUT2D eigenvalue weighted by atomic mass is 9.95. The number of aliphatic hydroxyl groups excluding tert-OH is 1. The number of rotatable bonds is 5. The van der Waals surface area contributed by atoms with Crippen LogP contribution in [0.3, 0.4) is 0 Å². The standard InChI is InChI=1S/C21H19NO6/c1-26-10-9-22-18(14-7-8-15-16(11-14)28-12-27-15)17(20(24)21(22)25)19(23)13-5-3-2-4-6-13/h2-8,11,18,23H,9-10,12H2,1H3. The van der Waals surface area contributed by atoms with Crippen LogP contribution < -0.4 is 9.47 Å². The highest BCUT2D eigenvalue weighted by Crippen LogP contribution is 2.42. The van der Waals surface area contributed by atoms with Gasteiger partial charge in [-0.05, 0) is 17.7 Å². The van der Waals surface area contributed by atoms with E-state index in [1.54, 1.807) is 42.5 Å². The Balaban J connectivity index is 1.85. The summed E-state index contributed by atoms with van der Waals surface area (Å²) in [5, 5.41) is 10.9. The molecule has 1 unspecified atom stereocenters. The average Bonchev–Trinajstić information content (AvgIpc) is 3.29. The number of ketones is 1. The summed E-state index contributed by atoms with van der Waals surface area (Å²) >= 11 is 0. The van der Waals surface area contributed by atoms with E-state index in [-0.39, 0.29) is 31.3 Å². The van der Waals surface area contributed by atoms with Crippen LogP contribution in [-0.4, -0.2) is 48.8 Å². The van der Waals surface area contributed by atoms with Crippen molar-refractivity contribution < 1.29 is 28.9 Å². The first-order valence-corrected chi connectivity index (χ1v) is 8.84. The summed E-state index contributed by atoms with van der Waals surface area (Å²) in [6.07, 6.45) is 0. The maximum Gasteiger partial charge on any atom is 0.295 e. The Labute approximate surface area is 161 Å². The van der Waals surface area contributed by atoms with Crippen LogP contribution in [0.5, 0.6) is 11.5 Å². The molecule has 2 aliphatic heterocycles. The van der Waals surface area contributed by atoms with Crippen LogP contribution in [0.4, 0.5) is 0 Å². The van der Waals surface area contributed by atoms with Crippen molar-refractivity contribution in [2.75, 3.05) is 27.1 Å². The molecule has 1 amide bonds. The van der Waals surface area contributed by atoms with Gasteiger partial charge in [0.2, 0.25) is 6.79 Å². The van der Waals surface area contributed by atoms with Gasteiger partial charge in [-0.3, -0.25) is 9.59 Å². The molecular formula is C21H19NO6. The fraction of sp³-hybridized carbons (Fsp3) is 0.238. The number of Topliss-reactive ketones (excluding diaryl/α,β-unsaturated/α-hetero) is 1. The molecule has 0 aliphatic carbocycles. The van der Waals surface area contributed by atoms with Crippen LogP contribution in [0.25, 0.3) is 5.76 Å². The second-order valence-corrected chi connectivity index (χ2v) is 6.46. The number of nitrogens with zero attached hydrogens (tertiary/aromatic N) is 1. The van der Waals surface area contributed by atoms with Crippen molar-refractivity contribution in [3.63, 3.8) is 0 Å². The maximum absolute atomic E-state index is 12.8. The van der Waals surface area contributed by atoms with Crippen LogP contribution in [0.1, 0.15) is 17.2 Å². The smallest absolute Gasteiger partial charge is 0.295 e. The van der Waals surface area contributed by atoms with E-state index in [0.717, 1.165) is 0 Å². The predicted molar refractivity (Wildman–Crippen MR) is 99.9 cm³/mol. The molecule has 0 aromatic heterocycles. The zero-order chi connectivity index (χ0) is 19.7. The molecule has 1 fully saturated rings. The van der Waals surface area contributed by atoms with E-state index in [0.29, 0.717) is 22.6 Å². The number of carbonyl (C=O) groups is 2. The number of hydrogen-bond donors (Lipinski definition) is 1. The number of hydrogen-bond acceptors (Lipinski definition) is 6. The third-order valence-electron chi connectivity index (χ3n) is 4.84. The van der Waals surface area contributed by atoms with Gasteiger partial charge in [0.15, 0.2) is 11.5 Å². The molecular weight excluding hydrogens is 362 g/mol. The first-order valence-electron chi connectivity index (χ1n) is 8.84. The largest absolute Gasteiger partial charge is 0.507 e. The molecule has 7 nitrogen and oxygen atoms in total. The van der Waals surface area contributed by atoms with Gasteiger partial charge < -0.3 is 24.2 Å². The molecule has 1 saturated heterocycles. The minimum absolute atomic E-state index is 0.0474. The average molecular weight is 381 g/mol. The first kappa shape index (κ1) is 18.1. The van der Waals surface area contributed by atoms with Crippen molar-refractivity contribution in [2.45, 2.75) is 6.04 Å². The quantitative estimate of drug-likeness (QED) is 0.487. The normalized spacial score (nSPS) is 20.0. The monoisotopic (exact) mass is 381 g/mol. The molecule has 28 heavy (non-hydrogen) atoms. The first-order chi connectivity index (χ1) is 13.6. The Morgan fingerprint density at radius 2 is 1.89 bits per heavy atom. The van der Waals surface area contributed by atoms with Gasteiger partial charge >= 0.3 is 0 Å². The van der Waals surface area contributed by atoms with E-state index < -0.39 is 17.7 Å². The number of carbonyl (C=O) groups excluding carboxylic acids is 2. The summed E-state index contributed by atoms with van der Waals surface area (Å²) < 4.78 is 15.9. The maximum atomic E-state index is 12.8. The number of ether oxygens (including phenoxy) is 3. The van der Waals surface area contributed by atoms with Crippen molar-refractivity contribution in [3.8, 4) is 11.5 Å². The highest BCUT2D eigenvalue weighted by molar-refractivity contribution is 6.46. The van der Waals surface area contributed by atoms with Crippen LogP contribution in [0.15, 0.2) is 54.1 Å². The molecule has 0 spiro atoms. The van der Waals surface area contributed by atoms with Gasteiger partial charge in [0, 0.05) is 19.2 Å². The lowest BCUT2D eigenvalue weighted by molar-refractivity contribution is -0.140. The minimum Gasteiger partial charge on any atom is -0.507 e. The highest BCUT2D eigenvalue weighted by atomic mass is 16.7. The summed E-state index contributed by atoms with van der Waals surface area (Å²) in [5.41, 5.74) is 1.17. The molecule has 144 valence electrons. The van der Waals surface area contributed by atoms with Gasteiger partial charge in [-0.15, -0.1) is 0 Å². The van der Waals surface area contributed by atoms with Crippen LogP contribution in [0.2, 0.25) is 0 Å². The van der Waals surface area contributed by atoms with Crippen molar-refractivity contribution in [3.05, 3.63) is 65.2 Å². The third-order valence-corrected chi connectivity index (χ3v) is 4.84. The lowest BCUT2D eigenvalue weighted by Crippen LogP contribution is -2.32. The van der Waals surface area contributed by atoms with Crippen molar-refractivity contribution >= 4 is 17.4 Å². The van der Waals surface area contributed by atoms with E-state index in [1.807, 2.05) is 6.07 Å². The number of likely N-dealkylation sites (tertiary alicyclic amines) is 1. The van der Waals surface area contributed by atoms with E-state index >= 15 is 0 Å². The van der Waals surface area contributed by atoms with Gasteiger partial charge in [0.05, 0.1) is 18.2 Å². The van der Waals surface area contributed by atoms with E-state index in [2.05, 4.69) is 0 Å². The van der Waals surface area contributed by atoms with Crippen LogP contribution in [-0.2, 0) is 14.3 Å². The zero-order valence-electron chi connectivity index (χ0n) is 15.3. The highest BCUT2D eigenvalue weighted by Gasteiger charge is 2.46. The topological polar surface area (TPSA) is 85.3 Å². The van der Waals surface area contributed by atoms with Crippen molar-refractivity contribution in [2.24, 2.45) is 0 Å². The Hall–Kier alpha value is -3.32. The van der Waals surface area contributed by atoms with Crippen LogP contribution >= 0.6 is 0 Å². The molecule has 7 heteroatoms. The SMILES string of the molecule is COCCN1C(=O)C(=O)C(=C(O)c2ccccc2)C1c1ccc2c(c1)OCO2. The lowest BCUT2D eigenvalue weighted by Gasteiger charge is -2.25. The molecule has 2 heterocycles. The molecule has 0 bridgehead atoms. The van der Waals surface area contributed by atoms with E-state index in [1.165, 1.54) is 12.0 Å². The molecule has 4 rings (SSSR count). The fourth-order valence-corrected chi connectivity index (χ4v) is 3.48. The summed E-state index contributed by atoms with van der Waals surface area (Å²) in [6.45, 7) is 0.595. The molecule has 2 aromatic rings. The summed E-state index contributed by atoms with van der Waals surface area (Å²) in [5.74, 6) is -0.464. The Bertz CT molecular complexity index is 953. The minimum atomic E-state index is -0.746. The van der Waals surface area contributed by atoms with Crippen molar-refractivity contribution in [1.29, 1.82) is 0 Å². The predicted octanol–water partition coefficient (Wildman–Crippen LogP) is 2.48. The second-order valence-electron chi connectivity index (χ2n) is 6.46. The van der Waals surface area contributed by atoms with Gasteiger partial charge in [-0.2, -0.15) is 0 Å². The van der Waals surface area contributed by atoms with Crippen LogP contribution in [0, 0.1) is 0 Å². The summed E-state index contributed by atoms with van der Waals surface area (Å²) in [6, 6.07) is 13.2. The van der Waals surface area contributed by atoms with Gasteiger partial charge in [0.25, 0.3) is 11.7 Å². The molecule has 2 aromatic carbocycles. The molecule has 1 N–H and O–H groups in total. The molecule has 0 saturated carbocycles. The van der Waals surface area contributed by atoms with E-state index in [9.17, 15) is 14.7 Å². The summed E-state index contributed by atoms with van der Waals surface area (Å²) in [7, 11) is 1.52. The number of benzene rings is 2. The Morgan fingerprint density at radius 3 is 2.64 bits per heavy atom. The Morgan fingerprint density at radius 1 is 1.14 bits per heavy atom. The van der Waals surface area contributed by atoms with Crippen molar-refractivity contribution in [1.82, 2.24) is 4.90 Å².